The van der Waals surface area contributed by atoms with E-state index in [1.54, 1.807) is 7.11 Å². The van der Waals surface area contributed by atoms with Gasteiger partial charge in [-0.3, -0.25) is 0 Å². The van der Waals surface area contributed by atoms with E-state index in [1.807, 2.05) is 6.07 Å². The van der Waals surface area contributed by atoms with Crippen molar-refractivity contribution in [3.8, 4) is 0 Å². The van der Waals surface area contributed by atoms with E-state index in [4.69, 9.17) is 4.74 Å². The Morgan fingerprint density at radius 3 is 2.70 bits per heavy atom. The summed E-state index contributed by atoms with van der Waals surface area (Å²) in [5.74, 6) is 3.10. The Kier molecular flexibility index (Phi) is 7.30. The molecule has 1 rings (SSSR count). The van der Waals surface area contributed by atoms with Gasteiger partial charge in [-0.05, 0) is 12.8 Å². The Morgan fingerprint density at radius 2 is 2.10 bits per heavy atom. The summed E-state index contributed by atoms with van der Waals surface area (Å²) in [6, 6.07) is 2.02. The van der Waals surface area contributed by atoms with Gasteiger partial charge in [0.15, 0.2) is 0 Å². The molecule has 0 aliphatic rings. The first-order valence-electron chi connectivity index (χ1n) is 7.41. The molecule has 0 atom stereocenters. The molecule has 20 heavy (non-hydrogen) atoms. The molecule has 0 spiro atoms. The van der Waals surface area contributed by atoms with Crippen LogP contribution in [-0.2, 0) is 4.74 Å². The van der Waals surface area contributed by atoms with E-state index in [-0.39, 0.29) is 0 Å². The Morgan fingerprint density at radius 1 is 1.35 bits per heavy atom. The molecule has 114 valence electrons. The number of ether oxygens (including phenoxy) is 1. The van der Waals surface area contributed by atoms with Crippen LogP contribution in [0.1, 0.15) is 45.4 Å². The van der Waals surface area contributed by atoms with Crippen LogP contribution in [-0.4, -0.2) is 43.8 Å². The average Bonchev–Trinajstić information content (AvgIpc) is 2.44. The van der Waals surface area contributed by atoms with Gasteiger partial charge in [0, 0.05) is 45.8 Å². The van der Waals surface area contributed by atoms with E-state index in [0.717, 1.165) is 50.0 Å². The van der Waals surface area contributed by atoms with Crippen LogP contribution in [0.25, 0.3) is 0 Å². The van der Waals surface area contributed by atoms with Crippen molar-refractivity contribution in [1.82, 2.24) is 9.97 Å². The first kappa shape index (κ1) is 16.7. The van der Waals surface area contributed by atoms with Gasteiger partial charge in [-0.15, -0.1) is 0 Å². The molecule has 0 amide bonds. The van der Waals surface area contributed by atoms with E-state index in [1.165, 1.54) is 0 Å². The maximum atomic E-state index is 5.10. The summed E-state index contributed by atoms with van der Waals surface area (Å²) in [7, 11) is 3.79. The summed E-state index contributed by atoms with van der Waals surface area (Å²) in [4.78, 5) is 11.4. The average molecular weight is 280 g/mol. The summed E-state index contributed by atoms with van der Waals surface area (Å²) in [6.07, 6.45) is 2.08. The quantitative estimate of drug-likeness (QED) is 0.705. The highest BCUT2D eigenvalue weighted by Crippen LogP contribution is 2.19. The normalized spacial score (nSPS) is 10.9. The topological polar surface area (TPSA) is 50.3 Å². The lowest BCUT2D eigenvalue weighted by Crippen LogP contribution is -2.22. The molecule has 1 heterocycles. The maximum Gasteiger partial charge on any atom is 0.135 e. The fourth-order valence-corrected chi connectivity index (χ4v) is 1.81. The summed E-state index contributed by atoms with van der Waals surface area (Å²) in [5, 5.41) is 3.35. The second-order valence-corrected chi connectivity index (χ2v) is 5.32. The van der Waals surface area contributed by atoms with Gasteiger partial charge in [0.05, 0.1) is 0 Å². The smallest absolute Gasteiger partial charge is 0.135 e. The third-order valence-corrected chi connectivity index (χ3v) is 3.04. The van der Waals surface area contributed by atoms with E-state index in [2.05, 4.69) is 48.0 Å². The minimum atomic E-state index is 0.324. The van der Waals surface area contributed by atoms with Crippen LogP contribution >= 0.6 is 0 Å². The van der Waals surface area contributed by atoms with Crippen molar-refractivity contribution < 1.29 is 4.74 Å². The van der Waals surface area contributed by atoms with Crippen molar-refractivity contribution in [3.63, 3.8) is 0 Å². The second-order valence-electron chi connectivity index (χ2n) is 5.32. The third kappa shape index (κ3) is 5.33. The number of anilines is 2. The molecule has 0 aromatic carbocycles. The number of nitrogens with one attached hydrogen (secondary N) is 1. The highest BCUT2D eigenvalue weighted by atomic mass is 16.5. The van der Waals surface area contributed by atoms with Gasteiger partial charge in [-0.25, -0.2) is 9.97 Å². The number of rotatable bonds is 9. The third-order valence-electron chi connectivity index (χ3n) is 3.04. The molecular formula is C15H28N4O. The first-order chi connectivity index (χ1) is 9.58. The standard InChI is InChI=1S/C15H28N4O/c1-6-8-16-13-11-14(18-15(17-13)12(2)3)19(4)9-7-10-20-5/h11-12H,6-10H2,1-5H3,(H,16,17,18). The van der Waals surface area contributed by atoms with Crippen LogP contribution in [0.5, 0.6) is 0 Å². The van der Waals surface area contributed by atoms with Crippen molar-refractivity contribution >= 4 is 11.6 Å². The van der Waals surface area contributed by atoms with Crippen molar-refractivity contribution in [2.24, 2.45) is 0 Å². The molecule has 0 saturated carbocycles. The number of nitrogens with zero attached hydrogens (tertiary/aromatic N) is 3. The van der Waals surface area contributed by atoms with Crippen molar-refractivity contribution in [3.05, 3.63) is 11.9 Å². The highest BCUT2D eigenvalue weighted by molar-refractivity contribution is 5.49. The molecule has 0 aliphatic carbocycles. The van der Waals surface area contributed by atoms with Crippen LogP contribution in [0.2, 0.25) is 0 Å². The summed E-state index contributed by atoms with van der Waals surface area (Å²) in [5.41, 5.74) is 0. The number of methoxy groups -OCH3 is 1. The summed E-state index contributed by atoms with van der Waals surface area (Å²) >= 11 is 0. The zero-order chi connectivity index (χ0) is 15.0. The first-order valence-corrected chi connectivity index (χ1v) is 7.41. The van der Waals surface area contributed by atoms with Gasteiger partial charge >= 0.3 is 0 Å². The molecule has 5 nitrogen and oxygen atoms in total. The van der Waals surface area contributed by atoms with Crippen molar-refractivity contribution in [2.75, 3.05) is 44.1 Å². The monoisotopic (exact) mass is 280 g/mol. The Balaban J connectivity index is 2.84. The summed E-state index contributed by atoms with van der Waals surface area (Å²) in [6.45, 7) is 9.01. The molecule has 0 aliphatic heterocycles. The van der Waals surface area contributed by atoms with Crippen molar-refractivity contribution in [1.29, 1.82) is 0 Å². The van der Waals surface area contributed by atoms with E-state index in [9.17, 15) is 0 Å². The van der Waals surface area contributed by atoms with E-state index in [0.29, 0.717) is 5.92 Å². The lowest BCUT2D eigenvalue weighted by molar-refractivity contribution is 0.196. The largest absolute Gasteiger partial charge is 0.385 e. The highest BCUT2D eigenvalue weighted by Gasteiger charge is 2.10. The SMILES string of the molecule is CCCNc1cc(N(C)CCCOC)nc(C(C)C)n1. The summed E-state index contributed by atoms with van der Waals surface area (Å²) < 4.78 is 5.10. The fourth-order valence-electron chi connectivity index (χ4n) is 1.81. The number of aromatic nitrogens is 2. The van der Waals surface area contributed by atoms with Crippen LogP contribution in [0, 0.1) is 0 Å². The van der Waals surface area contributed by atoms with E-state index < -0.39 is 0 Å². The number of hydrogen-bond acceptors (Lipinski definition) is 5. The molecule has 0 bridgehead atoms. The lowest BCUT2D eigenvalue weighted by Gasteiger charge is -2.20. The van der Waals surface area contributed by atoms with Crippen LogP contribution in [0.15, 0.2) is 6.07 Å². The van der Waals surface area contributed by atoms with E-state index >= 15 is 0 Å². The molecule has 0 unspecified atom stereocenters. The molecule has 0 radical (unpaired) electrons. The van der Waals surface area contributed by atoms with Crippen LogP contribution in [0.3, 0.4) is 0 Å². The zero-order valence-electron chi connectivity index (χ0n) is 13.4. The van der Waals surface area contributed by atoms with Crippen LogP contribution in [0.4, 0.5) is 11.6 Å². The number of hydrogen-bond donors (Lipinski definition) is 1. The fraction of sp³-hybridized carbons (Fsp3) is 0.733. The van der Waals surface area contributed by atoms with Gasteiger partial charge in [-0.2, -0.15) is 0 Å². The molecule has 5 heteroatoms. The predicted molar refractivity (Wildman–Crippen MR) is 84.7 cm³/mol. The van der Waals surface area contributed by atoms with Crippen LogP contribution < -0.4 is 10.2 Å². The molecule has 1 aromatic rings. The molecule has 1 aromatic heterocycles. The molecule has 0 saturated heterocycles. The Hall–Kier alpha value is -1.36. The lowest BCUT2D eigenvalue weighted by atomic mass is 10.2. The molecular weight excluding hydrogens is 252 g/mol. The zero-order valence-corrected chi connectivity index (χ0v) is 13.4. The predicted octanol–water partition coefficient (Wildman–Crippen LogP) is 2.89. The minimum Gasteiger partial charge on any atom is -0.385 e. The second kappa shape index (κ2) is 8.74. The van der Waals surface area contributed by atoms with Gasteiger partial charge in [-0.1, -0.05) is 20.8 Å². The van der Waals surface area contributed by atoms with Gasteiger partial charge < -0.3 is 15.0 Å². The van der Waals surface area contributed by atoms with Gasteiger partial charge in [0.25, 0.3) is 0 Å². The van der Waals surface area contributed by atoms with Gasteiger partial charge in [0.2, 0.25) is 0 Å². The Bertz CT molecular complexity index is 395. The maximum absolute atomic E-state index is 5.10. The van der Waals surface area contributed by atoms with Gasteiger partial charge in [0.1, 0.15) is 17.5 Å². The Labute approximate surface area is 122 Å². The molecule has 1 N–H and O–H groups in total. The van der Waals surface area contributed by atoms with Crippen molar-refractivity contribution in [2.45, 2.75) is 39.5 Å². The minimum absolute atomic E-state index is 0.324. The molecule has 0 fully saturated rings.